The summed E-state index contributed by atoms with van der Waals surface area (Å²) < 4.78 is 0. The minimum absolute atomic E-state index is 0.171. The molecule has 2 aliphatic rings. The smallest absolute Gasteiger partial charge is 0.329 e. The maximum Gasteiger partial charge on any atom is 0.329 e. The van der Waals surface area contributed by atoms with Crippen LogP contribution in [0.15, 0.2) is 23.3 Å². The molecule has 2 aliphatic carbocycles. The first-order valence-electron chi connectivity index (χ1n) is 7.41. The van der Waals surface area contributed by atoms with Gasteiger partial charge in [-0.3, -0.25) is 9.59 Å². The molecule has 0 atom stereocenters. The van der Waals surface area contributed by atoms with E-state index in [0.717, 1.165) is 31.2 Å². The zero-order valence-electron chi connectivity index (χ0n) is 12.1. The Morgan fingerprint density at radius 3 is 2.67 bits per heavy atom. The van der Waals surface area contributed by atoms with Crippen LogP contribution in [0.5, 0.6) is 0 Å². The number of carbonyl (C=O) groups is 2. The molecule has 2 N–H and O–H groups in total. The Kier molecular flexibility index (Phi) is 3.73. The molecule has 0 heterocycles. The van der Waals surface area contributed by atoms with Crippen molar-refractivity contribution < 1.29 is 9.59 Å². The van der Waals surface area contributed by atoms with Crippen molar-refractivity contribution in [3.8, 4) is 0 Å². The summed E-state index contributed by atoms with van der Waals surface area (Å²) in [5.41, 5.74) is 6.77. The van der Waals surface area contributed by atoms with E-state index in [1.807, 2.05) is 13.0 Å². The van der Waals surface area contributed by atoms with Crippen molar-refractivity contribution in [3.05, 3.63) is 34.9 Å². The Balaban J connectivity index is 1.62. The molecule has 0 aliphatic heterocycles. The monoisotopic (exact) mass is 285 g/mol. The van der Waals surface area contributed by atoms with Crippen LogP contribution in [0.4, 0.5) is 0 Å². The SMILES string of the molecule is C/C(=N/NC(=O)C(=O)NC1CC1)c1ccc2c(c1)CCC2. The van der Waals surface area contributed by atoms with E-state index in [1.165, 1.54) is 17.5 Å². The highest BCUT2D eigenvalue weighted by molar-refractivity contribution is 6.35. The Bertz CT molecular complexity index is 618. The van der Waals surface area contributed by atoms with E-state index in [0.29, 0.717) is 5.71 Å². The molecule has 0 unspecified atom stereocenters. The van der Waals surface area contributed by atoms with E-state index in [1.54, 1.807) is 0 Å². The maximum absolute atomic E-state index is 11.6. The van der Waals surface area contributed by atoms with Gasteiger partial charge < -0.3 is 5.32 Å². The third-order valence-electron chi connectivity index (χ3n) is 3.96. The third kappa shape index (κ3) is 3.29. The molecular formula is C16H19N3O2. The van der Waals surface area contributed by atoms with Gasteiger partial charge in [-0.25, -0.2) is 5.43 Å². The number of nitrogens with zero attached hydrogens (tertiary/aromatic N) is 1. The van der Waals surface area contributed by atoms with Crippen LogP contribution in [0.2, 0.25) is 0 Å². The quantitative estimate of drug-likeness (QED) is 0.499. The average Bonchev–Trinajstić information content (AvgIpc) is 3.17. The van der Waals surface area contributed by atoms with Gasteiger partial charge in [-0.1, -0.05) is 12.1 Å². The lowest BCUT2D eigenvalue weighted by molar-refractivity contribution is -0.139. The summed E-state index contributed by atoms with van der Waals surface area (Å²) >= 11 is 0. The van der Waals surface area contributed by atoms with Crippen molar-refractivity contribution in [1.29, 1.82) is 0 Å². The molecule has 0 aromatic heterocycles. The molecule has 0 saturated heterocycles. The molecule has 0 bridgehead atoms. The van der Waals surface area contributed by atoms with E-state index >= 15 is 0 Å². The van der Waals surface area contributed by atoms with Crippen LogP contribution in [0.25, 0.3) is 0 Å². The highest BCUT2D eigenvalue weighted by Gasteiger charge is 2.26. The highest BCUT2D eigenvalue weighted by atomic mass is 16.2. The summed E-state index contributed by atoms with van der Waals surface area (Å²) in [6.45, 7) is 1.83. The minimum atomic E-state index is -0.706. The molecule has 5 nitrogen and oxygen atoms in total. The number of nitrogens with one attached hydrogen (secondary N) is 2. The molecule has 1 fully saturated rings. The minimum Gasteiger partial charge on any atom is -0.345 e. The highest BCUT2D eigenvalue weighted by Crippen LogP contribution is 2.23. The molecule has 110 valence electrons. The first kappa shape index (κ1) is 13.8. The van der Waals surface area contributed by atoms with Crippen molar-refractivity contribution in [3.63, 3.8) is 0 Å². The van der Waals surface area contributed by atoms with Crippen LogP contribution in [0.1, 0.15) is 42.9 Å². The van der Waals surface area contributed by atoms with Gasteiger partial charge >= 0.3 is 11.8 Å². The number of hydrogen-bond acceptors (Lipinski definition) is 3. The van der Waals surface area contributed by atoms with Gasteiger partial charge in [0.1, 0.15) is 0 Å². The number of hydrogen-bond donors (Lipinski definition) is 2. The lowest BCUT2D eigenvalue weighted by Crippen LogP contribution is -2.39. The topological polar surface area (TPSA) is 70.6 Å². The van der Waals surface area contributed by atoms with Crippen LogP contribution in [0, 0.1) is 0 Å². The molecule has 5 heteroatoms. The predicted molar refractivity (Wildman–Crippen MR) is 80.0 cm³/mol. The van der Waals surface area contributed by atoms with Crippen molar-refractivity contribution >= 4 is 17.5 Å². The molecule has 0 radical (unpaired) electrons. The summed E-state index contributed by atoms with van der Waals surface area (Å²) in [7, 11) is 0. The predicted octanol–water partition coefficient (Wildman–Crippen LogP) is 1.29. The largest absolute Gasteiger partial charge is 0.345 e. The Morgan fingerprint density at radius 1 is 1.14 bits per heavy atom. The van der Waals surface area contributed by atoms with E-state index < -0.39 is 11.8 Å². The number of benzene rings is 1. The first-order chi connectivity index (χ1) is 10.1. The zero-order chi connectivity index (χ0) is 14.8. The van der Waals surface area contributed by atoms with Gasteiger partial charge in [0.05, 0.1) is 5.71 Å². The van der Waals surface area contributed by atoms with Crippen molar-refractivity contribution in [2.45, 2.75) is 45.1 Å². The molecule has 21 heavy (non-hydrogen) atoms. The molecule has 2 amide bonds. The maximum atomic E-state index is 11.6. The summed E-state index contributed by atoms with van der Waals surface area (Å²) in [6.07, 6.45) is 5.36. The van der Waals surface area contributed by atoms with E-state index in [4.69, 9.17) is 0 Å². The second-order valence-electron chi connectivity index (χ2n) is 5.72. The second kappa shape index (κ2) is 5.68. The van der Waals surface area contributed by atoms with Crippen molar-refractivity contribution in [2.75, 3.05) is 0 Å². The number of carbonyl (C=O) groups excluding carboxylic acids is 2. The molecular weight excluding hydrogens is 266 g/mol. The van der Waals surface area contributed by atoms with Crippen molar-refractivity contribution in [1.82, 2.24) is 10.7 Å². The molecule has 1 aromatic rings. The molecule has 1 aromatic carbocycles. The summed E-state index contributed by atoms with van der Waals surface area (Å²) in [6, 6.07) is 6.43. The molecule has 0 spiro atoms. The number of aryl methyl sites for hydroxylation is 2. The third-order valence-corrected chi connectivity index (χ3v) is 3.96. The van der Waals surface area contributed by atoms with Crippen LogP contribution in [-0.2, 0) is 22.4 Å². The number of rotatable bonds is 3. The zero-order valence-corrected chi connectivity index (χ0v) is 12.1. The van der Waals surface area contributed by atoms with E-state index in [-0.39, 0.29) is 6.04 Å². The van der Waals surface area contributed by atoms with Crippen LogP contribution < -0.4 is 10.7 Å². The van der Waals surface area contributed by atoms with Gasteiger partial charge in [-0.05, 0) is 61.8 Å². The fraction of sp³-hybridized carbons (Fsp3) is 0.438. The average molecular weight is 285 g/mol. The summed E-state index contributed by atoms with van der Waals surface area (Å²) in [4.78, 5) is 23.1. The summed E-state index contributed by atoms with van der Waals surface area (Å²) in [5, 5.41) is 6.66. The van der Waals surface area contributed by atoms with E-state index in [9.17, 15) is 9.59 Å². The summed E-state index contributed by atoms with van der Waals surface area (Å²) in [5.74, 6) is -1.31. The standard InChI is InChI=1S/C16H19N3O2/c1-10(12-6-5-11-3-2-4-13(11)9-12)18-19-16(21)15(20)17-14-7-8-14/h5-6,9,14H,2-4,7-8H2,1H3,(H,17,20)(H,19,21)/b18-10-. The van der Waals surface area contributed by atoms with Crippen molar-refractivity contribution in [2.24, 2.45) is 5.10 Å². The first-order valence-corrected chi connectivity index (χ1v) is 7.41. The van der Waals surface area contributed by atoms with E-state index in [2.05, 4.69) is 28.0 Å². The van der Waals surface area contributed by atoms with Crippen LogP contribution in [0.3, 0.4) is 0 Å². The van der Waals surface area contributed by atoms with Crippen LogP contribution in [-0.4, -0.2) is 23.6 Å². The van der Waals surface area contributed by atoms with Gasteiger partial charge in [-0.15, -0.1) is 0 Å². The number of amides is 2. The Labute approximate surface area is 123 Å². The van der Waals surface area contributed by atoms with Gasteiger partial charge in [0, 0.05) is 6.04 Å². The Hall–Kier alpha value is -2.17. The lowest BCUT2D eigenvalue weighted by Gasteiger charge is -2.06. The number of fused-ring (bicyclic) bond motifs is 1. The van der Waals surface area contributed by atoms with Gasteiger partial charge in [0.25, 0.3) is 0 Å². The van der Waals surface area contributed by atoms with Gasteiger partial charge in [-0.2, -0.15) is 5.10 Å². The van der Waals surface area contributed by atoms with Gasteiger partial charge in [0.15, 0.2) is 0 Å². The molecule has 3 rings (SSSR count). The van der Waals surface area contributed by atoms with Crippen LogP contribution >= 0.6 is 0 Å². The fourth-order valence-electron chi connectivity index (χ4n) is 2.53. The fourth-order valence-corrected chi connectivity index (χ4v) is 2.53. The van der Waals surface area contributed by atoms with Gasteiger partial charge in [0.2, 0.25) is 0 Å². The normalized spacial score (nSPS) is 17.3. The Morgan fingerprint density at radius 2 is 1.90 bits per heavy atom. The number of hydrazone groups is 1. The molecule has 1 saturated carbocycles. The second-order valence-corrected chi connectivity index (χ2v) is 5.72. The lowest BCUT2D eigenvalue weighted by atomic mass is 10.0.